The Hall–Kier alpha value is -1.33. The lowest BCUT2D eigenvalue weighted by atomic mass is 9.80. The molecule has 1 aromatic carbocycles. The average Bonchev–Trinajstić information content (AvgIpc) is 2.20. The predicted molar refractivity (Wildman–Crippen MR) is 56.5 cm³/mol. The van der Waals surface area contributed by atoms with Crippen LogP contribution >= 0.6 is 0 Å². The molecule has 0 amide bonds. The maximum absolute atomic E-state index is 13.2. The zero-order chi connectivity index (χ0) is 11.4. The minimum absolute atomic E-state index is 0.0204. The third-order valence-corrected chi connectivity index (χ3v) is 1.90. The molecule has 0 heterocycles. The molecule has 0 aliphatic rings. The Balaban J connectivity index is 2.95. The summed E-state index contributed by atoms with van der Waals surface area (Å²) in [5.41, 5.74) is 0.183. The summed E-state index contributed by atoms with van der Waals surface area (Å²) < 4.78 is 18.4. The molecule has 0 spiro atoms. The molecule has 1 atom stereocenters. The van der Waals surface area contributed by atoms with Crippen LogP contribution < -0.4 is 10.2 Å². The molecule has 0 aromatic heterocycles. The van der Waals surface area contributed by atoms with Gasteiger partial charge < -0.3 is 14.8 Å². The zero-order valence-corrected chi connectivity index (χ0v) is 8.35. The van der Waals surface area contributed by atoms with Crippen LogP contribution in [0.5, 0.6) is 5.75 Å². The Morgan fingerprint density at radius 2 is 2.20 bits per heavy atom. The molecule has 0 saturated heterocycles. The van der Waals surface area contributed by atoms with Crippen LogP contribution in [-0.4, -0.2) is 23.3 Å². The first kappa shape index (κ1) is 11.7. The van der Waals surface area contributed by atoms with Gasteiger partial charge in [0.05, 0.1) is 0 Å². The van der Waals surface area contributed by atoms with Gasteiger partial charge in [-0.3, -0.25) is 0 Å². The first-order chi connectivity index (χ1) is 7.04. The maximum atomic E-state index is 13.2. The third-order valence-electron chi connectivity index (χ3n) is 1.90. The molecular formula is C10H12BFO3. The second-order valence-electron chi connectivity index (χ2n) is 3.12. The van der Waals surface area contributed by atoms with Gasteiger partial charge in [-0.05, 0) is 24.5 Å². The number of hydrogen-bond donors (Lipinski definition) is 2. The molecule has 5 heteroatoms. The van der Waals surface area contributed by atoms with Crippen molar-refractivity contribution in [3.63, 3.8) is 0 Å². The standard InChI is InChI=1S/C10H12BFO3/c1-3-7(2)15-10-6-8(11(13)14)4-5-9(10)12/h3-7,13-14H,1H2,2H3. The van der Waals surface area contributed by atoms with Crippen molar-refractivity contribution in [1.29, 1.82) is 0 Å². The van der Waals surface area contributed by atoms with Gasteiger partial charge in [-0.15, -0.1) is 0 Å². The number of benzene rings is 1. The lowest BCUT2D eigenvalue weighted by Crippen LogP contribution is -2.30. The highest BCUT2D eigenvalue weighted by Crippen LogP contribution is 2.16. The van der Waals surface area contributed by atoms with Gasteiger partial charge in [-0.1, -0.05) is 18.7 Å². The smallest absolute Gasteiger partial charge is 0.484 e. The van der Waals surface area contributed by atoms with Crippen LogP contribution in [0.4, 0.5) is 4.39 Å². The lowest BCUT2D eigenvalue weighted by Gasteiger charge is -2.12. The number of ether oxygens (including phenoxy) is 1. The molecular weight excluding hydrogens is 198 g/mol. The van der Waals surface area contributed by atoms with Crippen molar-refractivity contribution in [3.05, 3.63) is 36.7 Å². The number of rotatable bonds is 4. The molecule has 1 unspecified atom stereocenters. The fraction of sp³-hybridized carbons (Fsp3) is 0.200. The van der Waals surface area contributed by atoms with Crippen LogP contribution in [0.3, 0.4) is 0 Å². The summed E-state index contributed by atoms with van der Waals surface area (Å²) in [6.07, 6.45) is 1.17. The Labute approximate surface area is 88.0 Å². The summed E-state index contributed by atoms with van der Waals surface area (Å²) in [4.78, 5) is 0. The Morgan fingerprint density at radius 3 is 2.73 bits per heavy atom. The summed E-state index contributed by atoms with van der Waals surface area (Å²) >= 11 is 0. The molecule has 0 fully saturated rings. The molecule has 0 bridgehead atoms. The van der Waals surface area contributed by atoms with E-state index in [0.717, 1.165) is 6.07 Å². The molecule has 80 valence electrons. The highest BCUT2D eigenvalue weighted by atomic mass is 19.1. The Morgan fingerprint density at radius 1 is 1.53 bits per heavy atom. The number of halogens is 1. The van der Waals surface area contributed by atoms with Crippen molar-refractivity contribution < 1.29 is 19.2 Å². The van der Waals surface area contributed by atoms with Gasteiger partial charge in [-0.2, -0.15) is 0 Å². The summed E-state index contributed by atoms with van der Waals surface area (Å²) in [6.45, 7) is 5.20. The van der Waals surface area contributed by atoms with Gasteiger partial charge in [0.1, 0.15) is 6.10 Å². The second-order valence-corrected chi connectivity index (χ2v) is 3.12. The fourth-order valence-corrected chi connectivity index (χ4v) is 1.02. The van der Waals surface area contributed by atoms with Crippen LogP contribution in [0, 0.1) is 5.82 Å². The lowest BCUT2D eigenvalue weighted by molar-refractivity contribution is 0.257. The quantitative estimate of drug-likeness (QED) is 0.560. The third kappa shape index (κ3) is 3.07. The summed E-state index contributed by atoms with van der Waals surface area (Å²) in [7, 11) is -1.63. The summed E-state index contributed by atoms with van der Waals surface area (Å²) in [6, 6.07) is 3.66. The molecule has 0 aliphatic heterocycles. The van der Waals surface area contributed by atoms with Crippen molar-refractivity contribution in [1.82, 2.24) is 0 Å². The monoisotopic (exact) mass is 210 g/mol. The Kier molecular flexibility index (Phi) is 3.88. The van der Waals surface area contributed by atoms with Crippen LogP contribution in [0.15, 0.2) is 30.9 Å². The molecule has 0 saturated carbocycles. The topological polar surface area (TPSA) is 49.7 Å². The largest absolute Gasteiger partial charge is 0.488 e. The minimum Gasteiger partial charge on any atom is -0.484 e. The van der Waals surface area contributed by atoms with Crippen LogP contribution in [0.25, 0.3) is 0 Å². The normalized spacial score (nSPS) is 12.0. The average molecular weight is 210 g/mol. The van der Waals surface area contributed by atoms with Crippen molar-refractivity contribution in [2.24, 2.45) is 0 Å². The molecule has 0 radical (unpaired) electrons. The first-order valence-electron chi connectivity index (χ1n) is 4.49. The van der Waals surface area contributed by atoms with Crippen molar-refractivity contribution in [3.8, 4) is 5.75 Å². The molecule has 1 aromatic rings. The van der Waals surface area contributed by atoms with E-state index in [-0.39, 0.29) is 17.3 Å². The highest BCUT2D eigenvalue weighted by molar-refractivity contribution is 6.58. The van der Waals surface area contributed by atoms with E-state index >= 15 is 0 Å². The van der Waals surface area contributed by atoms with Gasteiger partial charge >= 0.3 is 7.12 Å². The van der Waals surface area contributed by atoms with Gasteiger partial charge in [-0.25, -0.2) is 4.39 Å². The Bertz CT molecular complexity index is 355. The highest BCUT2D eigenvalue weighted by Gasteiger charge is 2.14. The number of hydrogen-bond acceptors (Lipinski definition) is 3. The van der Waals surface area contributed by atoms with Gasteiger partial charge in [0.25, 0.3) is 0 Å². The van der Waals surface area contributed by atoms with Gasteiger partial charge in [0.15, 0.2) is 11.6 Å². The summed E-state index contributed by atoms with van der Waals surface area (Å²) in [5.74, 6) is -0.568. The van der Waals surface area contributed by atoms with E-state index in [2.05, 4.69) is 6.58 Å². The van der Waals surface area contributed by atoms with E-state index in [9.17, 15) is 4.39 Å². The van der Waals surface area contributed by atoms with Gasteiger partial charge in [0, 0.05) is 0 Å². The molecule has 15 heavy (non-hydrogen) atoms. The van der Waals surface area contributed by atoms with E-state index < -0.39 is 12.9 Å². The van der Waals surface area contributed by atoms with Gasteiger partial charge in [0.2, 0.25) is 0 Å². The molecule has 2 N–H and O–H groups in total. The SMILES string of the molecule is C=CC(C)Oc1cc(B(O)O)ccc1F. The predicted octanol–water partition coefficient (Wildman–Crippen LogP) is 0.459. The zero-order valence-electron chi connectivity index (χ0n) is 8.35. The molecule has 0 aliphatic carbocycles. The van der Waals surface area contributed by atoms with E-state index in [1.165, 1.54) is 18.2 Å². The van der Waals surface area contributed by atoms with Crippen molar-refractivity contribution in [2.75, 3.05) is 0 Å². The summed E-state index contributed by atoms with van der Waals surface area (Å²) in [5, 5.41) is 17.8. The van der Waals surface area contributed by atoms with E-state index in [1.54, 1.807) is 6.92 Å². The van der Waals surface area contributed by atoms with Crippen molar-refractivity contribution in [2.45, 2.75) is 13.0 Å². The van der Waals surface area contributed by atoms with E-state index in [0.29, 0.717) is 0 Å². The second kappa shape index (κ2) is 4.95. The molecule has 1 rings (SSSR count). The van der Waals surface area contributed by atoms with Crippen LogP contribution in [-0.2, 0) is 0 Å². The fourth-order valence-electron chi connectivity index (χ4n) is 1.02. The van der Waals surface area contributed by atoms with E-state index in [1.807, 2.05) is 0 Å². The first-order valence-corrected chi connectivity index (χ1v) is 4.49. The van der Waals surface area contributed by atoms with Crippen LogP contribution in [0.1, 0.15) is 6.92 Å². The molecule has 3 nitrogen and oxygen atoms in total. The van der Waals surface area contributed by atoms with E-state index in [4.69, 9.17) is 14.8 Å². The maximum Gasteiger partial charge on any atom is 0.488 e. The van der Waals surface area contributed by atoms with Crippen LogP contribution in [0.2, 0.25) is 0 Å². The van der Waals surface area contributed by atoms with Crippen molar-refractivity contribution >= 4 is 12.6 Å². The minimum atomic E-state index is -1.63.